The Morgan fingerprint density at radius 3 is 2.94 bits per heavy atom. The van der Waals surface area contributed by atoms with Crippen molar-refractivity contribution >= 4 is 15.9 Å². The smallest absolute Gasteiger partial charge is 0.0688 e. The van der Waals surface area contributed by atoms with Crippen molar-refractivity contribution in [3.63, 3.8) is 0 Å². The molecule has 1 aromatic heterocycles. The highest BCUT2D eigenvalue weighted by Gasteiger charge is 2.30. The van der Waals surface area contributed by atoms with E-state index >= 15 is 0 Å². The van der Waals surface area contributed by atoms with E-state index in [2.05, 4.69) is 33.9 Å². The van der Waals surface area contributed by atoms with E-state index < -0.39 is 5.60 Å². The summed E-state index contributed by atoms with van der Waals surface area (Å²) < 4.78 is 0.989. The van der Waals surface area contributed by atoms with Crippen LogP contribution in [0.3, 0.4) is 0 Å². The van der Waals surface area contributed by atoms with Gasteiger partial charge in [0.05, 0.1) is 5.60 Å². The molecule has 0 aromatic carbocycles. The number of hydrogen-bond donors (Lipinski definition) is 1. The Hall–Kier alpha value is -0.410. The first kappa shape index (κ1) is 14.0. The number of hydrogen-bond acceptors (Lipinski definition) is 2. The van der Waals surface area contributed by atoms with Gasteiger partial charge in [0.25, 0.3) is 0 Å². The van der Waals surface area contributed by atoms with Crippen molar-refractivity contribution in [1.82, 2.24) is 4.98 Å². The summed E-state index contributed by atoms with van der Waals surface area (Å²) >= 11 is 3.44. The molecule has 0 aliphatic heterocycles. The zero-order chi connectivity index (χ0) is 13.0. The molecule has 2 rings (SSSR count). The molecule has 1 fully saturated rings. The molecule has 3 heteroatoms. The second kappa shape index (κ2) is 6.16. The second-order valence-corrected chi connectivity index (χ2v) is 6.53. The minimum Gasteiger partial charge on any atom is -0.390 e. The van der Waals surface area contributed by atoms with Gasteiger partial charge in [0, 0.05) is 23.3 Å². The molecule has 1 aliphatic carbocycles. The molecular weight excluding hydrogens is 290 g/mol. The zero-order valence-electron chi connectivity index (χ0n) is 11.0. The zero-order valence-corrected chi connectivity index (χ0v) is 12.6. The third-order valence-electron chi connectivity index (χ3n) is 4.14. The van der Waals surface area contributed by atoms with Gasteiger partial charge in [-0.2, -0.15) is 0 Å². The van der Waals surface area contributed by atoms with E-state index in [1.54, 1.807) is 6.20 Å². The Morgan fingerprint density at radius 2 is 2.22 bits per heavy atom. The maximum absolute atomic E-state index is 10.8. The first-order valence-corrected chi connectivity index (χ1v) is 7.72. The molecule has 18 heavy (non-hydrogen) atoms. The van der Waals surface area contributed by atoms with Crippen molar-refractivity contribution < 1.29 is 5.11 Å². The number of rotatable bonds is 3. The van der Waals surface area contributed by atoms with E-state index in [1.807, 2.05) is 6.20 Å². The van der Waals surface area contributed by atoms with E-state index in [0.29, 0.717) is 0 Å². The van der Waals surface area contributed by atoms with Crippen LogP contribution in [0.5, 0.6) is 0 Å². The molecule has 2 atom stereocenters. The molecule has 0 spiro atoms. The molecule has 1 saturated carbocycles. The summed E-state index contributed by atoms with van der Waals surface area (Å²) in [5.74, 6) is 0.805. The highest BCUT2D eigenvalue weighted by Crippen LogP contribution is 2.34. The quantitative estimate of drug-likeness (QED) is 0.852. The fraction of sp³-hybridized carbons (Fsp3) is 0.667. The lowest BCUT2D eigenvalue weighted by Crippen LogP contribution is -2.30. The summed E-state index contributed by atoms with van der Waals surface area (Å²) in [6.45, 7) is 2.26. The third kappa shape index (κ3) is 3.79. The van der Waals surface area contributed by atoms with Gasteiger partial charge in [-0.05, 0) is 52.7 Å². The van der Waals surface area contributed by atoms with Gasteiger partial charge >= 0.3 is 0 Å². The van der Waals surface area contributed by atoms with Crippen molar-refractivity contribution in [2.75, 3.05) is 0 Å². The summed E-state index contributed by atoms with van der Waals surface area (Å²) in [4.78, 5) is 4.18. The van der Waals surface area contributed by atoms with Crippen LogP contribution in [0.2, 0.25) is 0 Å². The molecule has 2 unspecified atom stereocenters. The lowest BCUT2D eigenvalue weighted by molar-refractivity contribution is 0.0241. The van der Waals surface area contributed by atoms with Crippen LogP contribution in [0.4, 0.5) is 0 Å². The molecule has 2 nitrogen and oxygen atoms in total. The lowest BCUT2D eigenvalue weighted by atomic mass is 9.87. The topological polar surface area (TPSA) is 33.1 Å². The van der Waals surface area contributed by atoms with Gasteiger partial charge in [-0.15, -0.1) is 0 Å². The normalized spacial score (nSPS) is 28.9. The highest BCUT2D eigenvalue weighted by molar-refractivity contribution is 9.10. The van der Waals surface area contributed by atoms with Gasteiger partial charge in [-0.3, -0.25) is 4.98 Å². The van der Waals surface area contributed by atoms with Crippen LogP contribution < -0.4 is 0 Å². The molecule has 1 aliphatic rings. The number of aliphatic hydroxyl groups is 1. The van der Waals surface area contributed by atoms with Crippen LogP contribution in [-0.4, -0.2) is 15.7 Å². The average Bonchev–Trinajstić information content (AvgIpc) is 2.51. The summed E-state index contributed by atoms with van der Waals surface area (Å²) in [6, 6.07) is 2.06. The summed E-state index contributed by atoms with van der Waals surface area (Å²) in [7, 11) is 0. The lowest BCUT2D eigenvalue weighted by Gasteiger charge is -2.26. The van der Waals surface area contributed by atoms with Crippen LogP contribution in [-0.2, 0) is 6.42 Å². The maximum Gasteiger partial charge on any atom is 0.0688 e. The predicted octanol–water partition coefficient (Wildman–Crippen LogP) is 4.11. The molecule has 1 N–H and O–H groups in total. The molecule has 0 bridgehead atoms. The van der Waals surface area contributed by atoms with E-state index in [1.165, 1.54) is 12.8 Å². The Morgan fingerprint density at radius 1 is 1.39 bits per heavy atom. The minimum absolute atomic E-state index is 0.521. The van der Waals surface area contributed by atoms with Gasteiger partial charge in [-0.25, -0.2) is 0 Å². The SMILES string of the molecule is CCC1CCCC(O)(Cc2cncc(Br)c2)CC1. The fourth-order valence-electron chi connectivity index (χ4n) is 2.98. The molecule has 1 aromatic rings. The summed E-state index contributed by atoms with van der Waals surface area (Å²) in [5.41, 5.74) is 0.605. The van der Waals surface area contributed by atoms with E-state index in [-0.39, 0.29) is 0 Å². The average molecular weight is 312 g/mol. The Bertz CT molecular complexity index is 396. The van der Waals surface area contributed by atoms with Crippen LogP contribution in [0.25, 0.3) is 0 Å². The van der Waals surface area contributed by atoms with Gasteiger partial charge in [0.15, 0.2) is 0 Å². The second-order valence-electron chi connectivity index (χ2n) is 5.62. The molecule has 100 valence electrons. The predicted molar refractivity (Wildman–Crippen MR) is 77.5 cm³/mol. The van der Waals surface area contributed by atoms with Gasteiger partial charge in [-0.1, -0.05) is 26.2 Å². The van der Waals surface area contributed by atoms with E-state index in [9.17, 15) is 5.11 Å². The van der Waals surface area contributed by atoms with Gasteiger partial charge < -0.3 is 5.11 Å². The summed E-state index contributed by atoms with van der Waals surface area (Å²) in [6.07, 6.45) is 11.1. The number of nitrogens with zero attached hydrogens (tertiary/aromatic N) is 1. The fourth-order valence-corrected chi connectivity index (χ4v) is 3.39. The Labute approximate surface area is 118 Å². The van der Waals surface area contributed by atoms with Crippen LogP contribution in [0.1, 0.15) is 51.0 Å². The van der Waals surface area contributed by atoms with Gasteiger partial charge in [0.1, 0.15) is 0 Å². The van der Waals surface area contributed by atoms with Gasteiger partial charge in [0.2, 0.25) is 0 Å². The van der Waals surface area contributed by atoms with Crippen LogP contribution >= 0.6 is 15.9 Å². The van der Waals surface area contributed by atoms with Crippen LogP contribution in [0, 0.1) is 5.92 Å². The first-order valence-electron chi connectivity index (χ1n) is 6.93. The first-order chi connectivity index (χ1) is 8.61. The van der Waals surface area contributed by atoms with Crippen LogP contribution in [0.15, 0.2) is 22.9 Å². The standard InChI is InChI=1S/C15H22BrNO/c1-2-12-4-3-6-15(18,7-5-12)9-13-8-14(16)11-17-10-13/h8,10-12,18H,2-7,9H2,1H3. The third-order valence-corrected chi connectivity index (χ3v) is 4.58. The van der Waals surface area contributed by atoms with Crippen molar-refractivity contribution in [2.24, 2.45) is 5.92 Å². The van der Waals surface area contributed by atoms with E-state index in [4.69, 9.17) is 0 Å². The Kier molecular flexibility index (Phi) is 4.79. The molecule has 1 heterocycles. The number of halogens is 1. The molecular formula is C15H22BrNO. The van der Waals surface area contributed by atoms with Crippen molar-refractivity contribution in [1.29, 1.82) is 0 Å². The summed E-state index contributed by atoms with van der Waals surface area (Å²) in [5, 5.41) is 10.8. The maximum atomic E-state index is 10.8. The molecule has 0 saturated heterocycles. The van der Waals surface area contributed by atoms with E-state index in [0.717, 1.165) is 48.1 Å². The monoisotopic (exact) mass is 311 g/mol. The minimum atomic E-state index is -0.521. The van der Waals surface area contributed by atoms with Crippen molar-refractivity contribution in [3.8, 4) is 0 Å². The largest absolute Gasteiger partial charge is 0.390 e. The highest BCUT2D eigenvalue weighted by atomic mass is 79.9. The molecule has 0 radical (unpaired) electrons. The molecule has 0 amide bonds. The van der Waals surface area contributed by atoms with Crippen molar-refractivity contribution in [2.45, 2.75) is 57.5 Å². The van der Waals surface area contributed by atoms with Crippen molar-refractivity contribution in [3.05, 3.63) is 28.5 Å². The number of aromatic nitrogens is 1. The number of pyridine rings is 1. The Balaban J connectivity index is 2.02.